The predicted octanol–water partition coefficient (Wildman–Crippen LogP) is 4.28. The Bertz CT molecular complexity index is 819. The number of hydrogen-bond acceptors (Lipinski definition) is 4. The van der Waals surface area contributed by atoms with Crippen molar-refractivity contribution in [1.82, 2.24) is 10.1 Å². The molecule has 116 valence electrons. The summed E-state index contributed by atoms with van der Waals surface area (Å²) in [5.74, 6) is 1.30. The fourth-order valence-corrected chi connectivity index (χ4v) is 2.35. The van der Waals surface area contributed by atoms with Gasteiger partial charge in [-0.1, -0.05) is 35.5 Å². The number of rotatable bonds is 4. The van der Waals surface area contributed by atoms with Gasteiger partial charge in [0.15, 0.2) is 6.33 Å². The zero-order valence-corrected chi connectivity index (χ0v) is 13.4. The van der Waals surface area contributed by atoms with Gasteiger partial charge in [-0.25, -0.2) is 0 Å². The summed E-state index contributed by atoms with van der Waals surface area (Å²) in [5, 5.41) is 3.72. The quantitative estimate of drug-likeness (QED) is 0.675. The van der Waals surface area contributed by atoms with Gasteiger partial charge in [0.25, 0.3) is 5.89 Å². The van der Waals surface area contributed by atoms with Crippen molar-refractivity contribution in [1.29, 1.82) is 0 Å². The van der Waals surface area contributed by atoms with Gasteiger partial charge in [0, 0.05) is 5.57 Å². The van der Waals surface area contributed by atoms with E-state index in [0.29, 0.717) is 5.89 Å². The van der Waals surface area contributed by atoms with Gasteiger partial charge in [-0.2, -0.15) is 4.98 Å². The molecule has 4 nitrogen and oxygen atoms in total. The molecule has 0 spiro atoms. The lowest BCUT2D eigenvalue weighted by atomic mass is 10.00. The minimum atomic E-state index is 0.494. The Hall–Kier alpha value is -2.88. The summed E-state index contributed by atoms with van der Waals surface area (Å²) in [6.45, 7) is 4.21. The SMILES string of the molecule is COc1ccc(/C(=C\c2ccc(C)c(C)c2)c2ncno2)cc1. The molecule has 0 atom stereocenters. The molecule has 0 unspecified atom stereocenters. The van der Waals surface area contributed by atoms with Crippen LogP contribution < -0.4 is 4.74 Å². The third-order valence-corrected chi connectivity index (χ3v) is 3.83. The molecule has 0 amide bonds. The molecule has 0 bridgehead atoms. The van der Waals surface area contributed by atoms with Crippen LogP contribution in [0.3, 0.4) is 0 Å². The van der Waals surface area contributed by atoms with E-state index >= 15 is 0 Å². The summed E-state index contributed by atoms with van der Waals surface area (Å²) >= 11 is 0. The molecule has 0 aliphatic heterocycles. The van der Waals surface area contributed by atoms with Crippen LogP contribution in [0.2, 0.25) is 0 Å². The normalized spacial score (nSPS) is 11.5. The molecule has 3 aromatic rings. The Labute approximate surface area is 135 Å². The van der Waals surface area contributed by atoms with Crippen molar-refractivity contribution in [2.75, 3.05) is 7.11 Å². The van der Waals surface area contributed by atoms with Crippen molar-refractivity contribution in [2.45, 2.75) is 13.8 Å². The molecule has 0 saturated heterocycles. The van der Waals surface area contributed by atoms with Crippen molar-refractivity contribution in [2.24, 2.45) is 0 Å². The van der Waals surface area contributed by atoms with Crippen LogP contribution in [0.25, 0.3) is 11.6 Å². The highest BCUT2D eigenvalue weighted by Crippen LogP contribution is 2.26. The summed E-state index contributed by atoms with van der Waals surface area (Å²) in [6.07, 6.45) is 3.47. The summed E-state index contributed by atoms with van der Waals surface area (Å²) in [5.41, 5.74) is 5.49. The van der Waals surface area contributed by atoms with E-state index in [1.165, 1.54) is 17.5 Å². The number of hydrogen-bond donors (Lipinski definition) is 0. The molecule has 0 aliphatic carbocycles. The van der Waals surface area contributed by atoms with Crippen molar-refractivity contribution in [3.8, 4) is 5.75 Å². The second-order valence-electron chi connectivity index (χ2n) is 5.38. The largest absolute Gasteiger partial charge is 0.497 e. The topological polar surface area (TPSA) is 48.2 Å². The van der Waals surface area contributed by atoms with Crippen LogP contribution in [-0.2, 0) is 0 Å². The van der Waals surface area contributed by atoms with Gasteiger partial charge >= 0.3 is 0 Å². The first-order valence-electron chi connectivity index (χ1n) is 7.38. The highest BCUT2D eigenvalue weighted by Gasteiger charge is 2.11. The molecule has 1 aromatic heterocycles. The standard InChI is InChI=1S/C19H18N2O2/c1-13-4-5-15(10-14(13)2)11-18(19-20-12-21-23-19)16-6-8-17(22-3)9-7-16/h4-12H,1-3H3/b18-11+. The third-order valence-electron chi connectivity index (χ3n) is 3.83. The molecule has 0 radical (unpaired) electrons. The minimum absolute atomic E-state index is 0.494. The van der Waals surface area contributed by atoms with Crippen LogP contribution in [0.5, 0.6) is 5.75 Å². The molecular formula is C19H18N2O2. The highest BCUT2D eigenvalue weighted by molar-refractivity contribution is 5.88. The second kappa shape index (κ2) is 6.48. The molecular weight excluding hydrogens is 288 g/mol. The molecule has 4 heteroatoms. The Balaban J connectivity index is 2.08. The van der Waals surface area contributed by atoms with Crippen LogP contribution in [0.4, 0.5) is 0 Å². The first-order valence-corrected chi connectivity index (χ1v) is 7.38. The second-order valence-corrected chi connectivity index (χ2v) is 5.38. The van der Waals surface area contributed by atoms with E-state index in [1.54, 1.807) is 7.11 Å². The summed E-state index contributed by atoms with van der Waals surface area (Å²) in [4.78, 5) is 4.19. The fourth-order valence-electron chi connectivity index (χ4n) is 2.35. The maximum Gasteiger partial charge on any atom is 0.258 e. The van der Waals surface area contributed by atoms with Crippen molar-refractivity contribution in [3.63, 3.8) is 0 Å². The maximum atomic E-state index is 5.27. The first kappa shape index (κ1) is 15.0. The van der Waals surface area contributed by atoms with Gasteiger partial charge in [-0.3, -0.25) is 0 Å². The lowest BCUT2D eigenvalue weighted by Crippen LogP contribution is -1.90. The van der Waals surface area contributed by atoms with Crippen LogP contribution in [-0.4, -0.2) is 17.3 Å². The number of aryl methyl sites for hydroxylation is 2. The van der Waals surface area contributed by atoms with Crippen LogP contribution in [0, 0.1) is 13.8 Å². The van der Waals surface area contributed by atoms with Crippen molar-refractivity contribution in [3.05, 3.63) is 76.9 Å². The van der Waals surface area contributed by atoms with Crippen LogP contribution >= 0.6 is 0 Å². The molecule has 3 rings (SSSR count). The van der Waals surface area contributed by atoms with Gasteiger partial charge in [0.2, 0.25) is 0 Å². The van der Waals surface area contributed by atoms with E-state index in [-0.39, 0.29) is 0 Å². The molecule has 0 saturated carbocycles. The smallest absolute Gasteiger partial charge is 0.258 e. The van der Waals surface area contributed by atoms with Gasteiger partial charge in [-0.05, 0) is 54.3 Å². The van der Waals surface area contributed by atoms with Gasteiger partial charge in [-0.15, -0.1) is 0 Å². The summed E-state index contributed by atoms with van der Waals surface area (Å²) in [6, 6.07) is 14.1. The molecule has 1 heterocycles. The average Bonchev–Trinajstić information content (AvgIpc) is 3.10. The Morgan fingerprint density at radius 2 is 1.83 bits per heavy atom. The van der Waals surface area contributed by atoms with Gasteiger partial charge in [0.1, 0.15) is 5.75 Å². The fraction of sp³-hybridized carbons (Fsp3) is 0.158. The van der Waals surface area contributed by atoms with E-state index < -0.39 is 0 Å². The summed E-state index contributed by atoms with van der Waals surface area (Å²) < 4.78 is 10.5. The lowest BCUT2D eigenvalue weighted by Gasteiger charge is -2.07. The Morgan fingerprint density at radius 3 is 2.43 bits per heavy atom. The monoisotopic (exact) mass is 306 g/mol. The molecule has 0 N–H and O–H groups in total. The van der Waals surface area contributed by atoms with E-state index in [0.717, 1.165) is 22.4 Å². The lowest BCUT2D eigenvalue weighted by molar-refractivity contribution is 0.407. The third kappa shape index (κ3) is 3.31. The number of aromatic nitrogens is 2. The summed E-state index contributed by atoms with van der Waals surface area (Å²) in [7, 11) is 1.65. The molecule has 2 aromatic carbocycles. The van der Waals surface area contributed by atoms with Gasteiger partial charge < -0.3 is 9.26 Å². The van der Waals surface area contributed by atoms with E-state index in [4.69, 9.17) is 9.26 Å². The van der Waals surface area contributed by atoms with Crippen molar-refractivity contribution < 1.29 is 9.26 Å². The van der Waals surface area contributed by atoms with E-state index in [1.807, 2.05) is 24.3 Å². The van der Waals surface area contributed by atoms with Crippen LogP contribution in [0.15, 0.2) is 53.3 Å². The molecule has 0 fully saturated rings. The highest BCUT2D eigenvalue weighted by atomic mass is 16.5. The average molecular weight is 306 g/mol. The number of nitrogens with zero attached hydrogens (tertiary/aromatic N) is 2. The number of benzene rings is 2. The van der Waals surface area contributed by atoms with E-state index in [9.17, 15) is 0 Å². The van der Waals surface area contributed by atoms with Gasteiger partial charge in [0.05, 0.1) is 7.11 Å². The predicted molar refractivity (Wildman–Crippen MR) is 90.2 cm³/mol. The first-order chi connectivity index (χ1) is 11.2. The minimum Gasteiger partial charge on any atom is -0.497 e. The number of methoxy groups -OCH3 is 1. The maximum absolute atomic E-state index is 5.27. The zero-order chi connectivity index (χ0) is 16.2. The molecule has 0 aliphatic rings. The van der Waals surface area contributed by atoms with E-state index in [2.05, 4.69) is 48.3 Å². The Morgan fingerprint density at radius 1 is 1.04 bits per heavy atom. The van der Waals surface area contributed by atoms with Crippen LogP contribution in [0.1, 0.15) is 28.1 Å². The molecule has 23 heavy (non-hydrogen) atoms. The van der Waals surface area contributed by atoms with Crippen molar-refractivity contribution >= 4 is 11.6 Å². The zero-order valence-electron chi connectivity index (χ0n) is 13.4. The number of ether oxygens (including phenoxy) is 1. The Kier molecular flexibility index (Phi) is 4.24.